The van der Waals surface area contributed by atoms with Crippen LogP contribution in [0.25, 0.3) is 10.8 Å². The van der Waals surface area contributed by atoms with Crippen molar-refractivity contribution in [3.63, 3.8) is 0 Å². The van der Waals surface area contributed by atoms with Crippen LogP contribution in [0, 0.1) is 70.7 Å². The first-order chi connectivity index (χ1) is 17.7. The summed E-state index contributed by atoms with van der Waals surface area (Å²) in [6, 6.07) is 3.24. The number of benzene rings is 2. The first kappa shape index (κ1) is 26.0. The number of alkyl halides is 3. The zero-order chi connectivity index (χ0) is 26.2. The summed E-state index contributed by atoms with van der Waals surface area (Å²) >= 11 is 0. The average molecular weight is 517 g/mol. The second-order valence-electron chi connectivity index (χ2n) is 11.1. The summed E-state index contributed by atoms with van der Waals surface area (Å²) in [5, 5.41) is -0.685. The van der Waals surface area contributed by atoms with Crippen LogP contribution in [0.4, 0.5) is 26.3 Å². The second kappa shape index (κ2) is 10.6. The first-order valence-corrected chi connectivity index (χ1v) is 13.4. The van der Waals surface area contributed by atoms with Crippen molar-refractivity contribution in [2.45, 2.75) is 76.8 Å². The van der Waals surface area contributed by atoms with E-state index in [1.165, 1.54) is 63.4 Å². The molecule has 0 nitrogen and oxygen atoms in total. The van der Waals surface area contributed by atoms with Crippen LogP contribution in [0.5, 0.6) is 0 Å². The summed E-state index contributed by atoms with van der Waals surface area (Å²) < 4.78 is 80.9. The van der Waals surface area contributed by atoms with E-state index in [0.29, 0.717) is 11.5 Å². The predicted octanol–water partition coefficient (Wildman–Crippen LogP) is 8.94. The van der Waals surface area contributed by atoms with Crippen LogP contribution in [0.3, 0.4) is 0 Å². The molecule has 0 aromatic heterocycles. The van der Waals surface area contributed by atoms with E-state index in [-0.39, 0.29) is 11.3 Å². The maximum atomic E-state index is 14.8. The SMILES string of the molecule is Fc1cc2cc(C#CC3CCC4CC(C5CCCCC5)CCC4C3)cc(F)c2c(F)c1C#CC(F)(F)F. The molecule has 3 fully saturated rings. The van der Waals surface area contributed by atoms with Gasteiger partial charge in [0.1, 0.15) is 11.6 Å². The largest absolute Gasteiger partial charge is 0.458 e. The fraction of sp³-hybridized carbons (Fsp3) is 0.548. The maximum Gasteiger partial charge on any atom is 0.458 e. The predicted molar refractivity (Wildman–Crippen MR) is 132 cm³/mol. The second-order valence-corrected chi connectivity index (χ2v) is 11.1. The lowest BCUT2D eigenvalue weighted by atomic mass is 9.61. The van der Waals surface area contributed by atoms with Gasteiger partial charge < -0.3 is 0 Å². The molecule has 0 saturated heterocycles. The summed E-state index contributed by atoms with van der Waals surface area (Å²) in [6.45, 7) is 0. The van der Waals surface area contributed by atoms with E-state index in [1.807, 2.05) is 0 Å². The zero-order valence-corrected chi connectivity index (χ0v) is 20.7. The smallest absolute Gasteiger partial charge is 0.206 e. The summed E-state index contributed by atoms with van der Waals surface area (Å²) in [7, 11) is 0. The fourth-order valence-electron chi connectivity index (χ4n) is 7.01. The summed E-state index contributed by atoms with van der Waals surface area (Å²) in [5.74, 6) is 8.29. The third-order valence-electron chi connectivity index (χ3n) is 8.80. The van der Waals surface area contributed by atoms with Crippen LogP contribution in [-0.2, 0) is 0 Å². The van der Waals surface area contributed by atoms with Crippen LogP contribution in [0.15, 0.2) is 18.2 Å². The van der Waals surface area contributed by atoms with Gasteiger partial charge in [0.25, 0.3) is 0 Å². The fourth-order valence-corrected chi connectivity index (χ4v) is 7.01. The standard InChI is InChI=1S/C31H30F6/c32-27-18-25-15-20(16-28(33)29(25)30(34)26(27)12-13-31(35,36)37)7-6-19-8-9-24-17-23(11-10-22(24)14-19)21-4-2-1-3-5-21/h15-16,18-19,21-24H,1-5,8-11,14,17H2. The first-order valence-electron chi connectivity index (χ1n) is 13.4. The Labute approximate surface area is 214 Å². The molecule has 0 radical (unpaired) electrons. The van der Waals surface area contributed by atoms with Crippen molar-refractivity contribution in [2.24, 2.45) is 29.6 Å². The summed E-state index contributed by atoms with van der Waals surface area (Å²) in [4.78, 5) is 0. The summed E-state index contributed by atoms with van der Waals surface area (Å²) in [5.41, 5.74) is -0.807. The number of rotatable bonds is 1. The topological polar surface area (TPSA) is 0 Å². The normalized spacial score (nSPS) is 26.5. The van der Waals surface area contributed by atoms with E-state index in [4.69, 9.17) is 0 Å². The van der Waals surface area contributed by atoms with Crippen LogP contribution in [0.2, 0.25) is 0 Å². The molecule has 4 unspecified atom stereocenters. The molecule has 3 aliphatic rings. The highest BCUT2D eigenvalue weighted by atomic mass is 19.4. The highest BCUT2D eigenvalue weighted by molar-refractivity contribution is 5.87. The molecule has 4 atom stereocenters. The van der Waals surface area contributed by atoms with Gasteiger partial charge in [0, 0.05) is 17.4 Å². The molecule has 6 heteroatoms. The molecule has 37 heavy (non-hydrogen) atoms. The molecular formula is C31H30F6. The molecule has 3 aliphatic carbocycles. The van der Waals surface area contributed by atoms with E-state index in [1.54, 1.807) is 0 Å². The Hall–Kier alpha value is -2.60. The van der Waals surface area contributed by atoms with Crippen molar-refractivity contribution in [1.29, 1.82) is 0 Å². The third-order valence-corrected chi connectivity index (χ3v) is 8.80. The molecule has 2 aromatic rings. The van der Waals surface area contributed by atoms with E-state index in [2.05, 4.69) is 11.8 Å². The van der Waals surface area contributed by atoms with Crippen molar-refractivity contribution in [3.8, 4) is 23.7 Å². The van der Waals surface area contributed by atoms with E-state index < -0.39 is 34.6 Å². The van der Waals surface area contributed by atoms with Gasteiger partial charge in [0.05, 0.1) is 10.9 Å². The zero-order valence-electron chi connectivity index (χ0n) is 20.7. The quantitative estimate of drug-likeness (QED) is 0.262. The minimum atomic E-state index is -4.92. The van der Waals surface area contributed by atoms with Gasteiger partial charge in [-0.15, -0.1) is 0 Å². The van der Waals surface area contributed by atoms with Crippen molar-refractivity contribution in [2.75, 3.05) is 0 Å². The number of hydrogen-bond acceptors (Lipinski definition) is 0. The van der Waals surface area contributed by atoms with Gasteiger partial charge in [-0.2, -0.15) is 13.2 Å². The Balaban J connectivity index is 1.29. The Morgan fingerprint density at radius 3 is 2.08 bits per heavy atom. The lowest BCUT2D eigenvalue weighted by Gasteiger charge is -2.44. The molecular weight excluding hydrogens is 486 g/mol. The van der Waals surface area contributed by atoms with E-state index >= 15 is 0 Å². The molecule has 0 aliphatic heterocycles. The van der Waals surface area contributed by atoms with Crippen LogP contribution in [0.1, 0.15) is 81.8 Å². The highest BCUT2D eigenvalue weighted by Crippen LogP contribution is 2.48. The molecule has 0 heterocycles. The molecule has 3 saturated carbocycles. The summed E-state index contributed by atoms with van der Waals surface area (Å²) in [6.07, 6.45) is 9.16. The molecule has 0 amide bonds. The molecule has 0 spiro atoms. The van der Waals surface area contributed by atoms with Crippen LogP contribution < -0.4 is 0 Å². The minimum Gasteiger partial charge on any atom is -0.206 e. The lowest BCUT2D eigenvalue weighted by molar-refractivity contribution is -0.0696. The van der Waals surface area contributed by atoms with Crippen LogP contribution >= 0.6 is 0 Å². The van der Waals surface area contributed by atoms with Crippen molar-refractivity contribution < 1.29 is 26.3 Å². The van der Waals surface area contributed by atoms with Crippen molar-refractivity contribution >= 4 is 10.8 Å². The van der Waals surface area contributed by atoms with Gasteiger partial charge in [-0.1, -0.05) is 49.9 Å². The van der Waals surface area contributed by atoms with E-state index in [0.717, 1.165) is 55.1 Å². The number of halogens is 6. The highest BCUT2D eigenvalue weighted by Gasteiger charge is 2.37. The van der Waals surface area contributed by atoms with Gasteiger partial charge in [-0.3, -0.25) is 0 Å². The van der Waals surface area contributed by atoms with Crippen molar-refractivity contribution in [1.82, 2.24) is 0 Å². The maximum absolute atomic E-state index is 14.8. The van der Waals surface area contributed by atoms with Gasteiger partial charge in [0.15, 0.2) is 5.82 Å². The average Bonchev–Trinajstić information content (AvgIpc) is 2.86. The Morgan fingerprint density at radius 1 is 0.676 bits per heavy atom. The molecule has 196 valence electrons. The molecule has 0 bridgehead atoms. The van der Waals surface area contributed by atoms with Gasteiger partial charge >= 0.3 is 6.18 Å². The molecule has 2 aromatic carbocycles. The molecule has 0 N–H and O–H groups in total. The third kappa shape index (κ3) is 5.95. The minimum absolute atomic E-state index is 0.0957. The Kier molecular flexibility index (Phi) is 7.49. The number of fused-ring (bicyclic) bond motifs is 2. The number of hydrogen-bond donors (Lipinski definition) is 0. The van der Waals surface area contributed by atoms with Crippen molar-refractivity contribution in [3.05, 3.63) is 46.8 Å². The van der Waals surface area contributed by atoms with Crippen LogP contribution in [-0.4, -0.2) is 6.18 Å². The van der Waals surface area contributed by atoms with Gasteiger partial charge in [0.2, 0.25) is 0 Å². The Bertz CT molecular complexity index is 1280. The van der Waals surface area contributed by atoms with E-state index in [9.17, 15) is 26.3 Å². The Morgan fingerprint density at radius 2 is 1.35 bits per heavy atom. The monoisotopic (exact) mass is 516 g/mol. The lowest BCUT2D eigenvalue weighted by Crippen LogP contribution is -2.33. The van der Waals surface area contributed by atoms with Gasteiger partial charge in [-0.05, 0) is 85.8 Å². The molecule has 5 rings (SSSR count). The van der Waals surface area contributed by atoms with Gasteiger partial charge in [-0.25, -0.2) is 13.2 Å².